The van der Waals surface area contributed by atoms with Gasteiger partial charge in [-0.15, -0.1) is 0 Å². The van der Waals surface area contributed by atoms with Crippen LogP contribution in [0.2, 0.25) is 0 Å². The van der Waals surface area contributed by atoms with Crippen LogP contribution in [0.3, 0.4) is 0 Å². The zero-order valence-corrected chi connectivity index (χ0v) is 20.7. The molecule has 2 N–H and O–H groups in total. The Bertz CT molecular complexity index is 1200. The first-order valence-electron chi connectivity index (χ1n) is 12.0. The summed E-state index contributed by atoms with van der Waals surface area (Å²) in [6.07, 6.45) is 2.32. The van der Waals surface area contributed by atoms with Gasteiger partial charge in [-0.05, 0) is 67.0 Å². The Hall–Kier alpha value is -3.36. The van der Waals surface area contributed by atoms with E-state index in [1.54, 1.807) is 7.11 Å². The molecular weight excluding hydrogens is 471 g/mol. The lowest BCUT2D eigenvalue weighted by molar-refractivity contribution is -0.298. The summed E-state index contributed by atoms with van der Waals surface area (Å²) in [5.41, 5.74) is 2.15. The quantitative estimate of drug-likeness (QED) is 0.427. The number of aryl methyl sites for hydroxylation is 1. The summed E-state index contributed by atoms with van der Waals surface area (Å²) >= 11 is 0. The van der Waals surface area contributed by atoms with Crippen molar-refractivity contribution in [1.29, 1.82) is 0 Å². The van der Waals surface area contributed by atoms with Gasteiger partial charge in [0, 0.05) is 18.4 Å². The van der Waals surface area contributed by atoms with Gasteiger partial charge in [-0.3, -0.25) is 4.79 Å². The fourth-order valence-electron chi connectivity index (χ4n) is 5.00. The molecule has 1 saturated carbocycles. The number of aliphatic carboxylic acids is 1. The molecule has 2 aliphatic rings. The molecule has 0 radical (unpaired) electrons. The van der Waals surface area contributed by atoms with E-state index in [-0.39, 0.29) is 11.8 Å². The zero-order valence-electron chi connectivity index (χ0n) is 20.7. The number of benzene rings is 2. The Morgan fingerprint density at radius 2 is 2.00 bits per heavy atom. The molecule has 1 heterocycles. The Kier molecular flexibility index (Phi) is 7.11. The molecule has 192 valence electrons. The van der Waals surface area contributed by atoms with Crippen LogP contribution in [0.4, 0.5) is 30.2 Å². The molecule has 0 amide bonds. The highest BCUT2D eigenvalue weighted by atomic mass is 19.4. The lowest BCUT2D eigenvalue weighted by Gasteiger charge is -2.33. The second-order valence-electron chi connectivity index (χ2n) is 10.2. The number of carbonyl (C=O) groups is 1. The molecule has 1 unspecified atom stereocenters. The number of carboxylic acids is 1. The van der Waals surface area contributed by atoms with E-state index in [9.17, 15) is 18.0 Å². The number of rotatable bonds is 6. The molecule has 9 heteroatoms. The number of hydrogen-bond acceptors (Lipinski definition) is 4. The first kappa shape index (κ1) is 25.7. The monoisotopic (exact) mass is 502 g/mol. The van der Waals surface area contributed by atoms with Gasteiger partial charge in [0.15, 0.2) is 11.4 Å². The highest BCUT2D eigenvalue weighted by molar-refractivity contribution is 5.97. The van der Waals surface area contributed by atoms with E-state index in [1.807, 2.05) is 16.7 Å². The number of methoxy groups -OCH3 is 1. The fraction of sp³-hybridized carbons (Fsp3) is 0.444. The van der Waals surface area contributed by atoms with Crippen LogP contribution in [0.1, 0.15) is 57.1 Å². The van der Waals surface area contributed by atoms with Gasteiger partial charge in [-0.2, -0.15) is 13.2 Å². The number of alkyl halides is 3. The van der Waals surface area contributed by atoms with Crippen molar-refractivity contribution in [3.05, 3.63) is 47.5 Å². The average Bonchev–Trinajstić information content (AvgIpc) is 3.11. The Labute approximate surface area is 208 Å². The van der Waals surface area contributed by atoms with Crippen LogP contribution in [0.15, 0.2) is 41.4 Å². The number of fused-ring (bicyclic) bond motifs is 1. The zero-order chi connectivity index (χ0) is 26.1. The molecule has 36 heavy (non-hydrogen) atoms. The van der Waals surface area contributed by atoms with Gasteiger partial charge in [-0.1, -0.05) is 25.3 Å². The van der Waals surface area contributed by atoms with Gasteiger partial charge < -0.3 is 9.84 Å². The Balaban J connectivity index is 1.71. The molecule has 0 saturated heterocycles. The van der Waals surface area contributed by atoms with Crippen molar-refractivity contribution in [2.75, 3.05) is 12.4 Å². The molecule has 6 nitrogen and oxygen atoms in total. The number of aliphatic imine (C=N–C) groups is 1. The number of nitrogens with zero attached hydrogens (tertiary/aromatic N) is 2. The topological polar surface area (TPSA) is 73.9 Å². The highest BCUT2D eigenvalue weighted by Crippen LogP contribution is 2.42. The van der Waals surface area contributed by atoms with Crippen LogP contribution in [0.5, 0.6) is 5.75 Å². The lowest BCUT2D eigenvalue weighted by atomic mass is 9.72. The second-order valence-corrected chi connectivity index (χ2v) is 10.2. The summed E-state index contributed by atoms with van der Waals surface area (Å²) < 4.78 is 46.5. The fourth-order valence-corrected chi connectivity index (χ4v) is 5.00. The van der Waals surface area contributed by atoms with Crippen molar-refractivity contribution in [3.8, 4) is 5.75 Å². The number of nitrogens with one attached hydrogen (secondary N) is 1. The van der Waals surface area contributed by atoms with Crippen LogP contribution in [0.25, 0.3) is 0 Å². The third kappa shape index (κ3) is 5.88. The van der Waals surface area contributed by atoms with Gasteiger partial charge in [0.1, 0.15) is 5.75 Å². The van der Waals surface area contributed by atoms with Crippen molar-refractivity contribution < 1.29 is 32.4 Å². The first-order valence-corrected chi connectivity index (χ1v) is 12.0. The third-order valence-electron chi connectivity index (χ3n) is 6.77. The second kappa shape index (κ2) is 9.95. The summed E-state index contributed by atoms with van der Waals surface area (Å²) in [7, 11) is 1.54. The highest BCUT2D eigenvalue weighted by Gasteiger charge is 2.34. The SMILES string of the molecule is COc1cc2c(cc1CCC(=O)O)N=C(Nc1ccc(C(F)(F)F)cc1)[N+]2=CC1CCCC(C)(C)C1. The van der Waals surface area contributed by atoms with Gasteiger partial charge in [0.05, 0.1) is 24.6 Å². The minimum absolute atomic E-state index is 0.0392. The van der Waals surface area contributed by atoms with E-state index in [0.29, 0.717) is 35.4 Å². The maximum atomic E-state index is 13.0. The van der Waals surface area contributed by atoms with Crippen molar-refractivity contribution in [1.82, 2.24) is 0 Å². The van der Waals surface area contributed by atoms with Crippen molar-refractivity contribution in [2.24, 2.45) is 16.3 Å². The summed E-state index contributed by atoms with van der Waals surface area (Å²) in [6.45, 7) is 4.52. The van der Waals surface area contributed by atoms with Crippen LogP contribution < -0.4 is 10.1 Å². The number of anilines is 1. The molecule has 4 rings (SSSR count). The molecule has 0 aromatic heterocycles. The lowest BCUT2D eigenvalue weighted by Crippen LogP contribution is -2.29. The van der Waals surface area contributed by atoms with Crippen molar-refractivity contribution in [2.45, 2.75) is 58.5 Å². The molecule has 0 bridgehead atoms. The molecule has 2 aromatic carbocycles. The summed E-state index contributed by atoms with van der Waals surface area (Å²) in [5.74, 6) is 0.450. The minimum Gasteiger partial charge on any atom is -0.496 e. The summed E-state index contributed by atoms with van der Waals surface area (Å²) in [4.78, 5) is 15.9. The maximum Gasteiger partial charge on any atom is 0.416 e. The van der Waals surface area contributed by atoms with E-state index in [0.717, 1.165) is 42.6 Å². The molecule has 1 fully saturated rings. The molecule has 0 spiro atoms. The predicted octanol–water partition coefficient (Wildman–Crippen LogP) is 6.78. The molecule has 1 atom stereocenters. The molecular formula is C27H31F3N3O3+. The first-order chi connectivity index (χ1) is 16.9. The average molecular weight is 503 g/mol. The molecule has 1 aliphatic heterocycles. The Morgan fingerprint density at radius 3 is 2.61 bits per heavy atom. The summed E-state index contributed by atoms with van der Waals surface area (Å²) in [6, 6.07) is 8.52. The van der Waals surface area contributed by atoms with E-state index in [4.69, 9.17) is 14.8 Å². The number of hydrogen-bond donors (Lipinski definition) is 2. The largest absolute Gasteiger partial charge is 0.496 e. The number of carboxylic acid groups (broad SMARTS) is 1. The molecule has 1 aliphatic carbocycles. The number of guanidine groups is 1. The van der Waals surface area contributed by atoms with Crippen LogP contribution in [0, 0.1) is 11.3 Å². The van der Waals surface area contributed by atoms with E-state index < -0.39 is 17.7 Å². The van der Waals surface area contributed by atoms with Gasteiger partial charge >= 0.3 is 18.1 Å². The van der Waals surface area contributed by atoms with E-state index in [2.05, 4.69) is 25.4 Å². The van der Waals surface area contributed by atoms with Gasteiger partial charge in [0.25, 0.3) is 0 Å². The smallest absolute Gasteiger partial charge is 0.416 e. The van der Waals surface area contributed by atoms with E-state index in [1.165, 1.54) is 18.6 Å². The maximum absolute atomic E-state index is 13.0. The Morgan fingerprint density at radius 1 is 1.28 bits per heavy atom. The van der Waals surface area contributed by atoms with Crippen LogP contribution in [-0.4, -0.2) is 34.9 Å². The van der Waals surface area contributed by atoms with Crippen molar-refractivity contribution in [3.63, 3.8) is 0 Å². The van der Waals surface area contributed by atoms with Gasteiger partial charge in [0.2, 0.25) is 0 Å². The minimum atomic E-state index is -4.41. The number of halogens is 3. The normalized spacial score (nSPS) is 20.1. The van der Waals surface area contributed by atoms with Gasteiger partial charge in [-0.25, -0.2) is 9.89 Å². The van der Waals surface area contributed by atoms with Crippen LogP contribution >= 0.6 is 0 Å². The standard InChI is InChI=1S/C27H30F3N3O3/c1-26(2)12-4-5-17(15-26)16-33-22-14-23(36-3)18(6-11-24(34)35)13-21(22)32-25(33)31-20-9-7-19(8-10-20)27(28,29)30/h7-10,13-14,16-17H,4-6,11-12,15H2,1-3H3,(H-,31,32,34,35)/p+1. The van der Waals surface area contributed by atoms with E-state index >= 15 is 0 Å². The van der Waals surface area contributed by atoms with Crippen LogP contribution in [-0.2, 0) is 17.4 Å². The summed E-state index contributed by atoms with van der Waals surface area (Å²) in [5, 5.41) is 12.3. The third-order valence-corrected chi connectivity index (χ3v) is 6.77. The van der Waals surface area contributed by atoms with Crippen molar-refractivity contribution >= 4 is 35.2 Å². The predicted molar refractivity (Wildman–Crippen MR) is 133 cm³/mol. The number of ether oxygens (including phenoxy) is 1. The molecule has 2 aromatic rings.